The van der Waals surface area contributed by atoms with Crippen LogP contribution in [0, 0.1) is 0 Å². The standard InChI is InChI=1S/C6H14N2O2S/c1-4-5-10-11-8(3)6(9)7-2/h4-5H2,1-3H3,(H,7,9). The van der Waals surface area contributed by atoms with Gasteiger partial charge in [0.05, 0.1) is 6.61 Å². The molecule has 0 fully saturated rings. The van der Waals surface area contributed by atoms with Crippen molar-refractivity contribution >= 4 is 18.3 Å². The molecule has 0 radical (unpaired) electrons. The molecule has 0 saturated heterocycles. The number of urea groups is 1. The fraction of sp³-hybridized carbons (Fsp3) is 0.833. The quantitative estimate of drug-likeness (QED) is 0.400. The average Bonchev–Trinajstić information content (AvgIpc) is 2.03. The SMILES string of the molecule is CCCOSN(C)C(=O)NC. The fourth-order valence-corrected chi connectivity index (χ4v) is 0.949. The predicted octanol–water partition coefficient (Wildman–Crippen LogP) is 1.25. The third kappa shape index (κ3) is 4.92. The number of nitrogens with one attached hydrogen (secondary N) is 1. The van der Waals surface area contributed by atoms with Crippen molar-refractivity contribution in [1.82, 2.24) is 9.62 Å². The monoisotopic (exact) mass is 178 g/mol. The number of carbonyl (C=O) groups excluding carboxylic acids is 1. The summed E-state index contributed by atoms with van der Waals surface area (Å²) in [6, 6.07) is -0.161. The number of carbonyl (C=O) groups is 1. The van der Waals surface area contributed by atoms with Crippen LogP contribution in [0.1, 0.15) is 13.3 Å². The Labute approximate surface area is 71.6 Å². The summed E-state index contributed by atoms with van der Waals surface area (Å²) >= 11 is 1.05. The maximum Gasteiger partial charge on any atom is 0.328 e. The Morgan fingerprint density at radius 1 is 1.73 bits per heavy atom. The zero-order chi connectivity index (χ0) is 8.69. The van der Waals surface area contributed by atoms with Crippen LogP contribution in [-0.4, -0.2) is 31.0 Å². The number of hydrogen-bond donors (Lipinski definition) is 1. The van der Waals surface area contributed by atoms with Gasteiger partial charge in [0.15, 0.2) is 0 Å². The van der Waals surface area contributed by atoms with E-state index in [-0.39, 0.29) is 6.03 Å². The van der Waals surface area contributed by atoms with E-state index in [0.29, 0.717) is 6.61 Å². The van der Waals surface area contributed by atoms with Crippen LogP contribution in [0.4, 0.5) is 4.79 Å². The van der Waals surface area contributed by atoms with Crippen LogP contribution >= 0.6 is 12.2 Å². The van der Waals surface area contributed by atoms with Crippen LogP contribution in [-0.2, 0) is 4.18 Å². The van der Waals surface area contributed by atoms with Gasteiger partial charge in [-0.25, -0.2) is 9.10 Å². The highest BCUT2D eigenvalue weighted by Crippen LogP contribution is 2.07. The van der Waals surface area contributed by atoms with Crippen LogP contribution < -0.4 is 5.32 Å². The topological polar surface area (TPSA) is 41.6 Å². The molecule has 0 aromatic carbocycles. The van der Waals surface area contributed by atoms with Crippen molar-refractivity contribution in [3.8, 4) is 0 Å². The maximum atomic E-state index is 10.8. The molecule has 5 heteroatoms. The molecule has 0 unspecified atom stereocenters. The third-order valence-corrected chi connectivity index (χ3v) is 1.61. The Balaban J connectivity index is 3.36. The molecule has 0 atom stereocenters. The van der Waals surface area contributed by atoms with Gasteiger partial charge in [0.25, 0.3) is 0 Å². The minimum Gasteiger partial charge on any atom is -0.340 e. The van der Waals surface area contributed by atoms with Gasteiger partial charge >= 0.3 is 6.03 Å². The summed E-state index contributed by atoms with van der Waals surface area (Å²) in [6.07, 6.45) is 0.953. The van der Waals surface area contributed by atoms with Gasteiger partial charge in [-0.3, -0.25) is 4.18 Å². The summed E-state index contributed by atoms with van der Waals surface area (Å²) in [5.41, 5.74) is 0. The maximum absolute atomic E-state index is 10.8. The van der Waals surface area contributed by atoms with Crippen molar-refractivity contribution in [2.45, 2.75) is 13.3 Å². The number of rotatable bonds is 4. The van der Waals surface area contributed by atoms with Gasteiger partial charge in [-0.2, -0.15) is 0 Å². The molecule has 2 amide bonds. The van der Waals surface area contributed by atoms with E-state index in [1.54, 1.807) is 14.1 Å². The van der Waals surface area contributed by atoms with Crippen molar-refractivity contribution in [2.75, 3.05) is 20.7 Å². The second kappa shape index (κ2) is 6.30. The summed E-state index contributed by atoms with van der Waals surface area (Å²) < 4.78 is 6.45. The molecule has 0 heterocycles. The molecule has 0 rings (SSSR count). The van der Waals surface area contributed by atoms with Crippen molar-refractivity contribution in [1.29, 1.82) is 0 Å². The summed E-state index contributed by atoms with van der Waals surface area (Å²) in [5.74, 6) is 0. The van der Waals surface area contributed by atoms with Gasteiger partial charge in [-0.15, -0.1) is 0 Å². The van der Waals surface area contributed by atoms with Crippen LogP contribution in [0.25, 0.3) is 0 Å². The van der Waals surface area contributed by atoms with Crippen molar-refractivity contribution in [3.05, 3.63) is 0 Å². The third-order valence-electron chi connectivity index (χ3n) is 0.952. The predicted molar refractivity (Wildman–Crippen MR) is 46.1 cm³/mol. The second-order valence-electron chi connectivity index (χ2n) is 1.95. The molecule has 0 aromatic heterocycles. The van der Waals surface area contributed by atoms with Crippen molar-refractivity contribution in [2.24, 2.45) is 0 Å². The molecule has 0 spiro atoms. The molecular weight excluding hydrogens is 164 g/mol. The summed E-state index contributed by atoms with van der Waals surface area (Å²) in [5, 5.41) is 2.48. The van der Waals surface area contributed by atoms with E-state index < -0.39 is 0 Å². The van der Waals surface area contributed by atoms with Gasteiger partial charge in [0.2, 0.25) is 0 Å². The number of nitrogens with zero attached hydrogens (tertiary/aromatic N) is 1. The minimum atomic E-state index is -0.161. The minimum absolute atomic E-state index is 0.161. The van der Waals surface area contributed by atoms with Crippen LogP contribution in [0.2, 0.25) is 0 Å². The highest BCUT2D eigenvalue weighted by molar-refractivity contribution is 7.92. The first-order valence-electron chi connectivity index (χ1n) is 3.47. The van der Waals surface area contributed by atoms with Gasteiger partial charge < -0.3 is 5.32 Å². The van der Waals surface area contributed by atoms with Gasteiger partial charge in [0, 0.05) is 14.1 Å². The Kier molecular flexibility index (Phi) is 6.06. The van der Waals surface area contributed by atoms with Crippen molar-refractivity contribution < 1.29 is 8.98 Å². The van der Waals surface area contributed by atoms with Gasteiger partial charge in [-0.1, -0.05) is 6.92 Å². The second-order valence-corrected chi connectivity index (χ2v) is 2.88. The Bertz CT molecular complexity index is 121. The van der Waals surface area contributed by atoms with Gasteiger partial charge in [0.1, 0.15) is 12.2 Å². The van der Waals surface area contributed by atoms with E-state index in [0.717, 1.165) is 18.6 Å². The molecule has 0 saturated carbocycles. The lowest BCUT2D eigenvalue weighted by Crippen LogP contribution is -2.30. The number of hydrogen-bond acceptors (Lipinski definition) is 3. The summed E-state index contributed by atoms with van der Waals surface area (Å²) in [7, 11) is 3.23. The lowest BCUT2D eigenvalue weighted by Gasteiger charge is -2.12. The van der Waals surface area contributed by atoms with E-state index in [2.05, 4.69) is 5.32 Å². The highest BCUT2D eigenvalue weighted by atomic mass is 32.2. The van der Waals surface area contributed by atoms with E-state index in [1.165, 1.54) is 4.31 Å². The molecule has 0 aliphatic carbocycles. The molecule has 0 bridgehead atoms. The molecule has 0 aromatic rings. The van der Waals surface area contributed by atoms with Crippen LogP contribution in [0.3, 0.4) is 0 Å². The molecule has 4 nitrogen and oxygen atoms in total. The van der Waals surface area contributed by atoms with Crippen LogP contribution in [0.15, 0.2) is 0 Å². The summed E-state index contributed by atoms with van der Waals surface area (Å²) in [6.45, 7) is 2.67. The van der Waals surface area contributed by atoms with E-state index in [4.69, 9.17) is 4.18 Å². The molecule has 66 valence electrons. The largest absolute Gasteiger partial charge is 0.340 e. The zero-order valence-corrected chi connectivity index (χ0v) is 7.90. The lowest BCUT2D eigenvalue weighted by molar-refractivity contribution is 0.230. The first-order valence-corrected chi connectivity index (χ1v) is 4.17. The normalized spacial score (nSPS) is 9.36. The molecular formula is C6H14N2O2S. The molecule has 11 heavy (non-hydrogen) atoms. The fourth-order valence-electron chi connectivity index (χ4n) is 0.391. The van der Waals surface area contributed by atoms with E-state index in [1.807, 2.05) is 6.92 Å². The molecule has 1 N–H and O–H groups in total. The van der Waals surface area contributed by atoms with E-state index >= 15 is 0 Å². The Hall–Kier alpha value is -0.420. The van der Waals surface area contributed by atoms with Crippen molar-refractivity contribution in [3.63, 3.8) is 0 Å². The number of amides is 2. The van der Waals surface area contributed by atoms with Gasteiger partial charge in [-0.05, 0) is 6.42 Å². The smallest absolute Gasteiger partial charge is 0.328 e. The molecule has 0 aliphatic rings. The first-order chi connectivity index (χ1) is 5.22. The molecule has 0 aliphatic heterocycles. The first kappa shape index (κ1) is 10.6. The van der Waals surface area contributed by atoms with E-state index in [9.17, 15) is 4.79 Å². The lowest BCUT2D eigenvalue weighted by atomic mass is 10.5. The average molecular weight is 178 g/mol. The Morgan fingerprint density at radius 2 is 2.36 bits per heavy atom. The van der Waals surface area contributed by atoms with Crippen LogP contribution in [0.5, 0.6) is 0 Å². The zero-order valence-electron chi connectivity index (χ0n) is 7.09. The summed E-state index contributed by atoms with van der Waals surface area (Å²) in [4.78, 5) is 10.8. The highest BCUT2D eigenvalue weighted by Gasteiger charge is 2.05. The Morgan fingerprint density at radius 3 is 2.82 bits per heavy atom.